The predicted molar refractivity (Wildman–Crippen MR) is 105 cm³/mol. The van der Waals surface area contributed by atoms with E-state index in [1.54, 1.807) is 18.6 Å². The van der Waals surface area contributed by atoms with Crippen molar-refractivity contribution in [1.29, 1.82) is 0 Å². The molecule has 29 heavy (non-hydrogen) atoms. The number of ether oxygens (including phenoxy) is 2. The lowest BCUT2D eigenvalue weighted by molar-refractivity contribution is -0.121. The average molecular weight is 393 g/mol. The van der Waals surface area contributed by atoms with E-state index in [0.29, 0.717) is 36.6 Å². The molecular weight excluding hydrogens is 373 g/mol. The van der Waals surface area contributed by atoms with Crippen molar-refractivity contribution in [2.45, 2.75) is 18.9 Å². The zero-order valence-corrected chi connectivity index (χ0v) is 15.7. The molecule has 3 aromatic rings. The van der Waals surface area contributed by atoms with Crippen LogP contribution in [-0.2, 0) is 11.2 Å². The van der Waals surface area contributed by atoms with E-state index < -0.39 is 0 Å². The number of aromatic nitrogens is 2. The molecule has 1 atom stereocenters. The number of halogens is 1. The molecular formula is C22H20FN3O3. The summed E-state index contributed by atoms with van der Waals surface area (Å²) in [6, 6.07) is 12.2. The maximum Gasteiger partial charge on any atom is 0.223 e. The van der Waals surface area contributed by atoms with Crippen LogP contribution in [0.1, 0.15) is 12.0 Å². The Morgan fingerprint density at radius 3 is 2.90 bits per heavy atom. The molecule has 0 aliphatic carbocycles. The summed E-state index contributed by atoms with van der Waals surface area (Å²) in [7, 11) is 0. The highest BCUT2D eigenvalue weighted by molar-refractivity contribution is 5.76. The number of benzene rings is 2. The highest BCUT2D eigenvalue weighted by Crippen LogP contribution is 2.38. The average Bonchev–Trinajstić information content (AvgIpc) is 3.16. The first-order valence-corrected chi connectivity index (χ1v) is 9.39. The van der Waals surface area contributed by atoms with E-state index in [1.807, 2.05) is 30.3 Å². The molecule has 0 spiro atoms. The number of amides is 1. The number of fused-ring (bicyclic) bond motifs is 1. The van der Waals surface area contributed by atoms with Gasteiger partial charge in [0.25, 0.3) is 0 Å². The van der Waals surface area contributed by atoms with Gasteiger partial charge >= 0.3 is 0 Å². The zero-order chi connectivity index (χ0) is 20.1. The lowest BCUT2D eigenvalue weighted by Crippen LogP contribution is -2.35. The van der Waals surface area contributed by atoms with Crippen LogP contribution >= 0.6 is 0 Å². The van der Waals surface area contributed by atoms with Crippen LogP contribution in [0.4, 0.5) is 4.39 Å². The molecule has 1 amide bonds. The molecule has 7 heteroatoms. The van der Waals surface area contributed by atoms with Crippen molar-refractivity contribution in [3.63, 3.8) is 0 Å². The van der Waals surface area contributed by atoms with Crippen molar-refractivity contribution in [2.75, 3.05) is 13.2 Å². The Balaban J connectivity index is 1.31. The molecule has 0 saturated heterocycles. The first kappa shape index (κ1) is 18.9. The third kappa shape index (κ3) is 4.68. The topological polar surface area (TPSA) is 73.3 Å². The Labute approximate surface area is 167 Å². The number of hydrogen-bond acceptors (Lipinski definition) is 5. The fourth-order valence-electron chi connectivity index (χ4n) is 3.23. The van der Waals surface area contributed by atoms with Gasteiger partial charge in [-0.1, -0.05) is 18.2 Å². The summed E-state index contributed by atoms with van der Waals surface area (Å²) in [5.41, 5.74) is 1.88. The lowest BCUT2D eigenvalue weighted by Gasteiger charge is -2.13. The summed E-state index contributed by atoms with van der Waals surface area (Å²) < 4.78 is 25.6. The van der Waals surface area contributed by atoms with Gasteiger partial charge in [0.05, 0.1) is 31.5 Å². The smallest absolute Gasteiger partial charge is 0.223 e. The van der Waals surface area contributed by atoms with Gasteiger partial charge in [0.15, 0.2) is 0 Å². The molecule has 0 radical (unpaired) electrons. The van der Waals surface area contributed by atoms with Crippen LogP contribution in [0.15, 0.2) is 61.1 Å². The van der Waals surface area contributed by atoms with Gasteiger partial charge in [-0.2, -0.15) is 0 Å². The van der Waals surface area contributed by atoms with Gasteiger partial charge in [-0.15, -0.1) is 0 Å². The number of nitrogens with zero attached hydrogens (tertiary/aromatic N) is 2. The maximum atomic E-state index is 14.0. The molecule has 1 aliphatic rings. The SMILES string of the molecule is O=C(CCOc1ccccc1)NC[C@H]1Cc2cc(F)cc(-c3cnccn3)c2O1. The van der Waals surface area contributed by atoms with Crippen molar-refractivity contribution in [2.24, 2.45) is 0 Å². The van der Waals surface area contributed by atoms with Gasteiger partial charge in [0.1, 0.15) is 23.4 Å². The summed E-state index contributed by atoms with van der Waals surface area (Å²) in [5.74, 6) is 0.851. The van der Waals surface area contributed by atoms with Crippen LogP contribution in [0.2, 0.25) is 0 Å². The van der Waals surface area contributed by atoms with Crippen molar-refractivity contribution in [3.05, 3.63) is 72.4 Å². The van der Waals surface area contributed by atoms with E-state index in [4.69, 9.17) is 9.47 Å². The van der Waals surface area contributed by atoms with E-state index >= 15 is 0 Å². The van der Waals surface area contributed by atoms with Crippen LogP contribution in [0.5, 0.6) is 11.5 Å². The second-order valence-corrected chi connectivity index (χ2v) is 6.69. The van der Waals surface area contributed by atoms with Gasteiger partial charge in [0.2, 0.25) is 5.91 Å². The normalized spacial score (nSPS) is 14.7. The first-order chi connectivity index (χ1) is 14.2. The zero-order valence-electron chi connectivity index (χ0n) is 15.7. The molecule has 0 fully saturated rings. The van der Waals surface area contributed by atoms with Crippen LogP contribution in [-0.4, -0.2) is 35.1 Å². The van der Waals surface area contributed by atoms with E-state index in [-0.39, 0.29) is 24.2 Å². The molecule has 2 aromatic carbocycles. The van der Waals surface area contributed by atoms with Crippen LogP contribution < -0.4 is 14.8 Å². The molecule has 1 aliphatic heterocycles. The lowest BCUT2D eigenvalue weighted by atomic mass is 10.0. The van der Waals surface area contributed by atoms with E-state index in [1.165, 1.54) is 12.1 Å². The molecule has 0 saturated carbocycles. The Bertz CT molecular complexity index is 983. The van der Waals surface area contributed by atoms with Crippen molar-refractivity contribution in [1.82, 2.24) is 15.3 Å². The molecule has 6 nitrogen and oxygen atoms in total. The Morgan fingerprint density at radius 1 is 1.24 bits per heavy atom. The number of carbonyl (C=O) groups is 1. The second-order valence-electron chi connectivity index (χ2n) is 6.69. The van der Waals surface area contributed by atoms with E-state index in [0.717, 1.165) is 11.3 Å². The number of para-hydroxylation sites is 1. The van der Waals surface area contributed by atoms with E-state index in [9.17, 15) is 9.18 Å². The van der Waals surface area contributed by atoms with Gasteiger partial charge in [-0.3, -0.25) is 14.8 Å². The Kier molecular flexibility index (Phi) is 5.65. The van der Waals surface area contributed by atoms with Crippen molar-refractivity contribution in [3.8, 4) is 22.8 Å². The number of rotatable bonds is 7. The van der Waals surface area contributed by atoms with E-state index in [2.05, 4.69) is 15.3 Å². The third-order valence-electron chi connectivity index (χ3n) is 4.57. The summed E-state index contributed by atoms with van der Waals surface area (Å²) in [4.78, 5) is 20.3. The van der Waals surface area contributed by atoms with Gasteiger partial charge in [-0.25, -0.2) is 4.39 Å². The van der Waals surface area contributed by atoms with Crippen LogP contribution in [0.25, 0.3) is 11.3 Å². The van der Waals surface area contributed by atoms with Gasteiger partial charge in [-0.05, 0) is 24.3 Å². The molecule has 4 rings (SSSR count). The fraction of sp³-hybridized carbons (Fsp3) is 0.227. The van der Waals surface area contributed by atoms with Crippen molar-refractivity contribution >= 4 is 5.91 Å². The molecule has 0 unspecified atom stereocenters. The molecule has 148 valence electrons. The standard InChI is InChI=1S/C22H20FN3O3/c23-16-10-15-11-18(29-22(15)19(12-16)20-14-24-7-8-25-20)13-26-21(27)6-9-28-17-4-2-1-3-5-17/h1-5,7-8,10,12,14,18H,6,9,11,13H2,(H,26,27)/t18-/m1/s1. The van der Waals surface area contributed by atoms with Crippen LogP contribution in [0, 0.1) is 5.82 Å². The first-order valence-electron chi connectivity index (χ1n) is 9.39. The third-order valence-corrected chi connectivity index (χ3v) is 4.57. The highest BCUT2D eigenvalue weighted by Gasteiger charge is 2.27. The minimum absolute atomic E-state index is 0.124. The number of carbonyl (C=O) groups excluding carboxylic acids is 1. The molecule has 1 N–H and O–H groups in total. The summed E-state index contributed by atoms with van der Waals surface area (Å²) >= 11 is 0. The molecule has 0 bridgehead atoms. The molecule has 2 heterocycles. The highest BCUT2D eigenvalue weighted by atomic mass is 19.1. The molecule has 1 aromatic heterocycles. The minimum Gasteiger partial charge on any atom is -0.493 e. The monoisotopic (exact) mass is 393 g/mol. The minimum atomic E-state index is -0.351. The number of nitrogens with one attached hydrogen (secondary N) is 1. The summed E-state index contributed by atoms with van der Waals surface area (Å²) in [6.45, 7) is 0.629. The van der Waals surface area contributed by atoms with Gasteiger partial charge in [0, 0.05) is 29.9 Å². The maximum absolute atomic E-state index is 14.0. The fourth-order valence-corrected chi connectivity index (χ4v) is 3.23. The van der Waals surface area contributed by atoms with Crippen LogP contribution in [0.3, 0.4) is 0 Å². The summed E-state index contributed by atoms with van der Waals surface area (Å²) in [6.07, 6.45) is 5.18. The Morgan fingerprint density at radius 2 is 2.10 bits per heavy atom. The van der Waals surface area contributed by atoms with Gasteiger partial charge < -0.3 is 14.8 Å². The predicted octanol–water partition coefficient (Wildman–Crippen LogP) is 3.17. The largest absolute Gasteiger partial charge is 0.493 e. The second kappa shape index (κ2) is 8.68. The Hall–Kier alpha value is -3.48. The summed E-state index contributed by atoms with van der Waals surface area (Å²) in [5, 5.41) is 2.85. The van der Waals surface area contributed by atoms with Crippen molar-refractivity contribution < 1.29 is 18.7 Å². The number of hydrogen-bond donors (Lipinski definition) is 1. The quantitative estimate of drug-likeness (QED) is 0.668.